The van der Waals surface area contributed by atoms with Crippen LogP contribution in [-0.4, -0.2) is 47.4 Å². The number of carbonyl (C=O) groups excluding carboxylic acids is 1. The molecule has 1 aromatic rings. The van der Waals surface area contributed by atoms with Crippen LogP contribution in [0.5, 0.6) is 0 Å². The number of hydrogen-bond donors (Lipinski definition) is 1. The Kier molecular flexibility index (Phi) is 4.56. The van der Waals surface area contributed by atoms with Crippen molar-refractivity contribution in [2.75, 3.05) is 19.6 Å². The SMILES string of the molecule is C[C@H](N)C(=O)N1CCN(Cc2ccccc2)C[C@@H]1C. The Morgan fingerprint density at radius 1 is 1.37 bits per heavy atom. The first-order valence-corrected chi connectivity index (χ1v) is 6.90. The monoisotopic (exact) mass is 261 g/mol. The number of benzene rings is 1. The minimum absolute atomic E-state index is 0.0619. The van der Waals surface area contributed by atoms with Crippen molar-refractivity contribution in [2.45, 2.75) is 32.5 Å². The Labute approximate surface area is 115 Å². The van der Waals surface area contributed by atoms with Gasteiger partial charge in [0.1, 0.15) is 0 Å². The van der Waals surface area contributed by atoms with Gasteiger partial charge < -0.3 is 10.6 Å². The summed E-state index contributed by atoms with van der Waals surface area (Å²) in [7, 11) is 0. The topological polar surface area (TPSA) is 49.6 Å². The van der Waals surface area contributed by atoms with E-state index in [0.29, 0.717) is 0 Å². The third-order valence-electron chi connectivity index (χ3n) is 3.63. The summed E-state index contributed by atoms with van der Waals surface area (Å²) in [6, 6.07) is 10.3. The molecule has 0 aromatic heterocycles. The number of nitrogens with zero attached hydrogens (tertiary/aromatic N) is 2. The zero-order valence-corrected chi connectivity index (χ0v) is 11.7. The molecule has 1 heterocycles. The Morgan fingerprint density at radius 2 is 2.05 bits per heavy atom. The molecule has 0 saturated carbocycles. The zero-order valence-electron chi connectivity index (χ0n) is 11.7. The van der Waals surface area contributed by atoms with E-state index in [1.165, 1.54) is 5.56 Å². The minimum atomic E-state index is -0.400. The Bertz CT molecular complexity index is 419. The summed E-state index contributed by atoms with van der Waals surface area (Å²) in [5.41, 5.74) is 7.00. The van der Waals surface area contributed by atoms with E-state index in [1.807, 2.05) is 11.0 Å². The molecular weight excluding hydrogens is 238 g/mol. The van der Waals surface area contributed by atoms with Gasteiger partial charge in [0.2, 0.25) is 5.91 Å². The third kappa shape index (κ3) is 3.55. The Morgan fingerprint density at radius 3 is 2.63 bits per heavy atom. The predicted octanol–water partition coefficient (Wildman–Crippen LogP) is 1.07. The van der Waals surface area contributed by atoms with Gasteiger partial charge in [0.25, 0.3) is 0 Å². The summed E-state index contributed by atoms with van der Waals surface area (Å²) in [5.74, 6) is 0.0619. The van der Waals surface area contributed by atoms with E-state index in [9.17, 15) is 4.79 Å². The largest absolute Gasteiger partial charge is 0.336 e. The number of carbonyl (C=O) groups is 1. The Hall–Kier alpha value is -1.39. The van der Waals surface area contributed by atoms with Crippen LogP contribution in [-0.2, 0) is 11.3 Å². The maximum Gasteiger partial charge on any atom is 0.239 e. The lowest BCUT2D eigenvalue weighted by Crippen LogP contribution is -2.56. The summed E-state index contributed by atoms with van der Waals surface area (Å²) in [6.07, 6.45) is 0. The van der Waals surface area contributed by atoms with Crippen molar-refractivity contribution in [3.8, 4) is 0 Å². The first-order valence-electron chi connectivity index (χ1n) is 6.90. The van der Waals surface area contributed by atoms with Crippen LogP contribution in [0.3, 0.4) is 0 Å². The van der Waals surface area contributed by atoms with E-state index >= 15 is 0 Å². The fourth-order valence-electron chi connectivity index (χ4n) is 2.61. The second-order valence-corrected chi connectivity index (χ2v) is 5.39. The first kappa shape index (κ1) is 14.0. The van der Waals surface area contributed by atoms with Gasteiger partial charge in [-0.1, -0.05) is 30.3 Å². The lowest BCUT2D eigenvalue weighted by molar-refractivity contribution is -0.136. The average molecular weight is 261 g/mol. The van der Waals surface area contributed by atoms with Gasteiger partial charge in [0, 0.05) is 32.2 Å². The average Bonchev–Trinajstić information content (AvgIpc) is 2.39. The number of nitrogens with two attached hydrogens (primary N) is 1. The van der Waals surface area contributed by atoms with Gasteiger partial charge in [0.05, 0.1) is 6.04 Å². The molecule has 0 spiro atoms. The molecule has 4 nitrogen and oxygen atoms in total. The lowest BCUT2D eigenvalue weighted by atomic mass is 10.1. The normalized spacial score (nSPS) is 22.3. The highest BCUT2D eigenvalue weighted by Crippen LogP contribution is 2.13. The van der Waals surface area contributed by atoms with Crippen LogP contribution in [0.4, 0.5) is 0 Å². The quantitative estimate of drug-likeness (QED) is 0.885. The highest BCUT2D eigenvalue weighted by molar-refractivity contribution is 5.81. The molecular formula is C15H23N3O. The number of amides is 1. The summed E-state index contributed by atoms with van der Waals surface area (Å²) >= 11 is 0. The van der Waals surface area contributed by atoms with Crippen LogP contribution < -0.4 is 5.73 Å². The van der Waals surface area contributed by atoms with Crippen molar-refractivity contribution in [3.05, 3.63) is 35.9 Å². The van der Waals surface area contributed by atoms with E-state index in [4.69, 9.17) is 5.73 Å². The first-order chi connectivity index (χ1) is 9.08. The van der Waals surface area contributed by atoms with Gasteiger partial charge in [-0.25, -0.2) is 0 Å². The fraction of sp³-hybridized carbons (Fsp3) is 0.533. The van der Waals surface area contributed by atoms with Crippen molar-refractivity contribution in [2.24, 2.45) is 5.73 Å². The van der Waals surface area contributed by atoms with Gasteiger partial charge in [0.15, 0.2) is 0 Å². The molecule has 1 fully saturated rings. The highest BCUT2D eigenvalue weighted by Gasteiger charge is 2.28. The molecule has 2 rings (SSSR count). The van der Waals surface area contributed by atoms with Gasteiger partial charge in [-0.15, -0.1) is 0 Å². The van der Waals surface area contributed by atoms with E-state index in [2.05, 4.69) is 36.1 Å². The molecule has 1 aliphatic heterocycles. The fourth-order valence-corrected chi connectivity index (χ4v) is 2.61. The van der Waals surface area contributed by atoms with Crippen LogP contribution >= 0.6 is 0 Å². The number of hydrogen-bond acceptors (Lipinski definition) is 3. The maximum atomic E-state index is 12.0. The molecule has 0 radical (unpaired) electrons. The predicted molar refractivity (Wildman–Crippen MR) is 76.5 cm³/mol. The van der Waals surface area contributed by atoms with Gasteiger partial charge in [-0.3, -0.25) is 9.69 Å². The molecule has 19 heavy (non-hydrogen) atoms. The molecule has 1 saturated heterocycles. The molecule has 2 N–H and O–H groups in total. The van der Waals surface area contributed by atoms with Crippen molar-refractivity contribution < 1.29 is 4.79 Å². The molecule has 0 aliphatic carbocycles. The van der Waals surface area contributed by atoms with Crippen molar-refractivity contribution >= 4 is 5.91 Å². The van der Waals surface area contributed by atoms with Crippen LogP contribution in [0, 0.1) is 0 Å². The van der Waals surface area contributed by atoms with Gasteiger partial charge in [-0.05, 0) is 19.4 Å². The molecule has 4 heteroatoms. The van der Waals surface area contributed by atoms with Gasteiger partial charge in [-0.2, -0.15) is 0 Å². The lowest BCUT2D eigenvalue weighted by Gasteiger charge is -2.40. The van der Waals surface area contributed by atoms with Gasteiger partial charge >= 0.3 is 0 Å². The summed E-state index contributed by atoms with van der Waals surface area (Å²) < 4.78 is 0. The standard InChI is InChI=1S/C15H23N3O/c1-12-10-17(11-14-6-4-3-5-7-14)8-9-18(12)15(19)13(2)16/h3-7,12-13H,8-11,16H2,1-2H3/t12-,13-/m0/s1. The zero-order chi connectivity index (χ0) is 13.8. The van der Waals surface area contributed by atoms with Crippen LogP contribution in [0.1, 0.15) is 19.4 Å². The van der Waals surface area contributed by atoms with Crippen molar-refractivity contribution in [1.82, 2.24) is 9.80 Å². The molecule has 2 atom stereocenters. The molecule has 104 valence electrons. The summed E-state index contributed by atoms with van der Waals surface area (Å²) in [5, 5.41) is 0. The van der Waals surface area contributed by atoms with E-state index in [0.717, 1.165) is 26.2 Å². The minimum Gasteiger partial charge on any atom is -0.336 e. The van der Waals surface area contributed by atoms with Crippen molar-refractivity contribution in [3.63, 3.8) is 0 Å². The smallest absolute Gasteiger partial charge is 0.239 e. The second-order valence-electron chi connectivity index (χ2n) is 5.39. The molecule has 1 aromatic carbocycles. The number of rotatable bonds is 3. The highest BCUT2D eigenvalue weighted by atomic mass is 16.2. The summed E-state index contributed by atoms with van der Waals surface area (Å²) in [6.45, 7) is 7.40. The van der Waals surface area contributed by atoms with E-state index < -0.39 is 6.04 Å². The maximum absolute atomic E-state index is 12.0. The molecule has 0 bridgehead atoms. The third-order valence-corrected chi connectivity index (χ3v) is 3.63. The van der Waals surface area contributed by atoms with Crippen LogP contribution in [0.25, 0.3) is 0 Å². The second kappa shape index (κ2) is 6.17. The van der Waals surface area contributed by atoms with E-state index in [1.54, 1.807) is 6.92 Å². The number of piperazine rings is 1. The van der Waals surface area contributed by atoms with Crippen molar-refractivity contribution in [1.29, 1.82) is 0 Å². The molecule has 1 aliphatic rings. The molecule has 1 amide bonds. The summed E-state index contributed by atoms with van der Waals surface area (Å²) in [4.78, 5) is 16.3. The Balaban J connectivity index is 1.91. The molecule has 0 unspecified atom stereocenters. The van der Waals surface area contributed by atoms with Crippen LogP contribution in [0.2, 0.25) is 0 Å². The van der Waals surface area contributed by atoms with E-state index in [-0.39, 0.29) is 11.9 Å². The van der Waals surface area contributed by atoms with Crippen LogP contribution in [0.15, 0.2) is 30.3 Å².